The summed E-state index contributed by atoms with van der Waals surface area (Å²) in [6.45, 7) is 0. The first-order valence-corrected chi connectivity index (χ1v) is 8.56. The molecule has 4 rings (SSSR count). The summed E-state index contributed by atoms with van der Waals surface area (Å²) in [6.07, 6.45) is 5.23. The zero-order chi connectivity index (χ0) is 18.3. The number of allylic oxidation sites excluding steroid dienone is 2. The number of nitrogens with zero attached hydrogens (tertiary/aromatic N) is 1. The second-order valence-corrected chi connectivity index (χ2v) is 6.61. The Morgan fingerprint density at radius 3 is 2.69 bits per heavy atom. The van der Waals surface area contributed by atoms with E-state index in [9.17, 15) is 10.1 Å². The van der Waals surface area contributed by atoms with E-state index in [0.29, 0.717) is 0 Å². The fraction of sp³-hybridized carbons (Fsp3) is 0.300. The summed E-state index contributed by atoms with van der Waals surface area (Å²) >= 11 is 0. The van der Waals surface area contributed by atoms with Gasteiger partial charge in [-0.15, -0.1) is 0 Å². The first-order valence-electron chi connectivity index (χ1n) is 8.56. The molecule has 0 saturated carbocycles. The highest BCUT2D eigenvalue weighted by molar-refractivity contribution is 5.63. The van der Waals surface area contributed by atoms with Gasteiger partial charge in [-0.25, -0.2) is 0 Å². The van der Waals surface area contributed by atoms with E-state index < -0.39 is 0 Å². The standard InChI is InChI=1S/C20H20N2O4/c1-25-13-7-9-19(26-2)17(11-13)20-15-5-3-4-14(15)16-10-12(22(23)24)6-8-18(16)21-20/h3-4,6-11,14-15,20-21H,5H2,1-2H3. The molecule has 3 atom stereocenters. The number of fused-ring (bicyclic) bond motifs is 3. The van der Waals surface area contributed by atoms with E-state index in [2.05, 4.69) is 17.5 Å². The van der Waals surface area contributed by atoms with Crippen LogP contribution in [0.1, 0.15) is 29.5 Å². The SMILES string of the molecule is COc1ccc(OC)c(C2Nc3ccc([N+](=O)[O-])cc3C3C=CCC32)c1. The van der Waals surface area contributed by atoms with E-state index in [-0.39, 0.29) is 28.5 Å². The summed E-state index contributed by atoms with van der Waals surface area (Å²) in [7, 11) is 3.31. The fourth-order valence-electron chi connectivity index (χ4n) is 4.09. The van der Waals surface area contributed by atoms with Crippen molar-refractivity contribution in [1.82, 2.24) is 0 Å². The molecule has 0 amide bonds. The van der Waals surface area contributed by atoms with Crippen LogP contribution < -0.4 is 14.8 Å². The molecule has 1 N–H and O–H groups in total. The third kappa shape index (κ3) is 2.58. The molecular formula is C20H20N2O4. The Kier molecular flexibility index (Phi) is 4.03. The van der Waals surface area contributed by atoms with Crippen molar-refractivity contribution < 1.29 is 14.4 Å². The van der Waals surface area contributed by atoms with Gasteiger partial charge in [-0.05, 0) is 42.2 Å². The highest BCUT2D eigenvalue weighted by Gasteiger charge is 2.39. The van der Waals surface area contributed by atoms with Crippen LogP contribution in [0.25, 0.3) is 0 Å². The minimum atomic E-state index is -0.342. The highest BCUT2D eigenvalue weighted by Crippen LogP contribution is 2.52. The van der Waals surface area contributed by atoms with Crippen LogP contribution in [-0.4, -0.2) is 19.1 Å². The number of rotatable bonds is 4. The van der Waals surface area contributed by atoms with Gasteiger partial charge < -0.3 is 14.8 Å². The van der Waals surface area contributed by atoms with Gasteiger partial charge in [-0.3, -0.25) is 10.1 Å². The largest absolute Gasteiger partial charge is 0.497 e. The third-order valence-corrected chi connectivity index (χ3v) is 5.33. The van der Waals surface area contributed by atoms with Crippen molar-refractivity contribution >= 4 is 11.4 Å². The quantitative estimate of drug-likeness (QED) is 0.500. The molecule has 2 aromatic carbocycles. The van der Waals surface area contributed by atoms with Gasteiger partial charge in [0.05, 0.1) is 25.2 Å². The summed E-state index contributed by atoms with van der Waals surface area (Å²) in [5.41, 5.74) is 3.07. The zero-order valence-corrected chi connectivity index (χ0v) is 14.6. The molecule has 0 fully saturated rings. The number of nitro benzene ring substituents is 1. The Morgan fingerprint density at radius 2 is 1.96 bits per heavy atom. The second kappa shape index (κ2) is 6.37. The number of nitro groups is 1. The molecule has 1 heterocycles. The fourth-order valence-corrected chi connectivity index (χ4v) is 4.09. The van der Waals surface area contributed by atoms with Gasteiger partial charge in [0.1, 0.15) is 11.5 Å². The van der Waals surface area contributed by atoms with Crippen molar-refractivity contribution in [2.24, 2.45) is 5.92 Å². The summed E-state index contributed by atoms with van der Waals surface area (Å²) in [5, 5.41) is 14.7. The molecular weight excluding hydrogens is 332 g/mol. The molecule has 0 aromatic heterocycles. The lowest BCUT2D eigenvalue weighted by atomic mass is 9.76. The highest BCUT2D eigenvalue weighted by atomic mass is 16.6. The van der Waals surface area contributed by atoms with Crippen molar-refractivity contribution in [1.29, 1.82) is 0 Å². The number of non-ortho nitro benzene ring substituents is 1. The predicted molar refractivity (Wildman–Crippen MR) is 99.0 cm³/mol. The van der Waals surface area contributed by atoms with Crippen molar-refractivity contribution in [2.75, 3.05) is 19.5 Å². The van der Waals surface area contributed by atoms with E-state index in [4.69, 9.17) is 9.47 Å². The van der Waals surface area contributed by atoms with Crippen LogP contribution in [0.4, 0.5) is 11.4 Å². The van der Waals surface area contributed by atoms with E-state index in [1.54, 1.807) is 32.4 Å². The molecule has 3 unspecified atom stereocenters. The lowest BCUT2D eigenvalue weighted by Gasteiger charge is -2.37. The Morgan fingerprint density at radius 1 is 1.12 bits per heavy atom. The van der Waals surface area contributed by atoms with E-state index in [1.807, 2.05) is 18.2 Å². The van der Waals surface area contributed by atoms with Gasteiger partial charge >= 0.3 is 0 Å². The number of nitrogens with one attached hydrogen (secondary N) is 1. The van der Waals surface area contributed by atoms with Crippen LogP contribution in [0, 0.1) is 16.0 Å². The maximum absolute atomic E-state index is 11.2. The lowest BCUT2D eigenvalue weighted by molar-refractivity contribution is -0.384. The zero-order valence-electron chi connectivity index (χ0n) is 14.6. The number of benzene rings is 2. The maximum atomic E-state index is 11.2. The molecule has 6 nitrogen and oxygen atoms in total. The van der Waals surface area contributed by atoms with Crippen LogP contribution in [0.15, 0.2) is 48.6 Å². The molecule has 2 aromatic rings. The number of ether oxygens (including phenoxy) is 2. The minimum Gasteiger partial charge on any atom is -0.497 e. The Labute approximate surface area is 151 Å². The Hall–Kier alpha value is -3.02. The van der Waals surface area contributed by atoms with Crippen LogP contribution in [0.2, 0.25) is 0 Å². The van der Waals surface area contributed by atoms with Crippen molar-refractivity contribution in [3.8, 4) is 11.5 Å². The van der Waals surface area contributed by atoms with Gasteiger partial charge in [-0.1, -0.05) is 12.2 Å². The van der Waals surface area contributed by atoms with Crippen LogP contribution >= 0.6 is 0 Å². The van der Waals surface area contributed by atoms with Gasteiger partial charge in [0.25, 0.3) is 5.69 Å². The third-order valence-electron chi connectivity index (χ3n) is 5.33. The lowest BCUT2D eigenvalue weighted by Crippen LogP contribution is -2.29. The smallest absolute Gasteiger partial charge is 0.269 e. The first-order chi connectivity index (χ1) is 12.6. The average molecular weight is 352 g/mol. The van der Waals surface area contributed by atoms with Crippen LogP contribution in [-0.2, 0) is 0 Å². The molecule has 0 bridgehead atoms. The van der Waals surface area contributed by atoms with Crippen molar-refractivity contribution in [2.45, 2.75) is 18.4 Å². The van der Waals surface area contributed by atoms with Crippen LogP contribution in [0.5, 0.6) is 11.5 Å². The molecule has 26 heavy (non-hydrogen) atoms. The van der Waals surface area contributed by atoms with E-state index in [1.165, 1.54) is 0 Å². The van der Waals surface area contributed by atoms with Crippen molar-refractivity contribution in [3.05, 3.63) is 69.8 Å². The Bertz CT molecular complexity index is 893. The maximum Gasteiger partial charge on any atom is 0.269 e. The molecule has 1 aliphatic heterocycles. The summed E-state index contributed by atoms with van der Waals surface area (Å²) in [4.78, 5) is 10.8. The van der Waals surface area contributed by atoms with Gasteiger partial charge in [0, 0.05) is 29.3 Å². The molecule has 0 radical (unpaired) electrons. The number of hydrogen-bond donors (Lipinski definition) is 1. The van der Waals surface area contributed by atoms with Crippen LogP contribution in [0.3, 0.4) is 0 Å². The average Bonchev–Trinajstić information content (AvgIpc) is 3.16. The van der Waals surface area contributed by atoms with Gasteiger partial charge in [-0.2, -0.15) is 0 Å². The summed E-state index contributed by atoms with van der Waals surface area (Å²) in [6, 6.07) is 10.9. The minimum absolute atomic E-state index is 0.0361. The monoisotopic (exact) mass is 352 g/mol. The van der Waals surface area contributed by atoms with E-state index in [0.717, 1.165) is 34.7 Å². The molecule has 6 heteroatoms. The second-order valence-electron chi connectivity index (χ2n) is 6.61. The topological polar surface area (TPSA) is 73.6 Å². The number of hydrogen-bond acceptors (Lipinski definition) is 5. The first kappa shape index (κ1) is 16.4. The predicted octanol–water partition coefficient (Wildman–Crippen LogP) is 4.44. The van der Waals surface area contributed by atoms with Crippen molar-refractivity contribution in [3.63, 3.8) is 0 Å². The van der Waals surface area contributed by atoms with Gasteiger partial charge in [0.15, 0.2) is 0 Å². The number of anilines is 1. The number of methoxy groups -OCH3 is 2. The molecule has 0 spiro atoms. The molecule has 0 saturated heterocycles. The summed E-state index contributed by atoms with van der Waals surface area (Å²) in [5.74, 6) is 2.00. The molecule has 134 valence electrons. The Balaban J connectivity index is 1.80. The molecule has 2 aliphatic rings. The normalized spacial score (nSPS) is 22.9. The van der Waals surface area contributed by atoms with Gasteiger partial charge in [0.2, 0.25) is 0 Å². The molecule has 1 aliphatic carbocycles. The van der Waals surface area contributed by atoms with E-state index >= 15 is 0 Å². The summed E-state index contributed by atoms with van der Waals surface area (Å²) < 4.78 is 11.0.